The number of nitrogens with zero attached hydrogens (tertiary/aromatic N) is 3. The summed E-state index contributed by atoms with van der Waals surface area (Å²) in [4.78, 5) is 13.2. The molecule has 0 radical (unpaired) electrons. The van der Waals surface area contributed by atoms with Gasteiger partial charge in [-0.15, -0.1) is 0 Å². The van der Waals surface area contributed by atoms with Crippen LogP contribution in [0.1, 0.15) is 11.5 Å². The van der Waals surface area contributed by atoms with Crippen LogP contribution in [-0.4, -0.2) is 16.6 Å². The third-order valence-electron chi connectivity index (χ3n) is 3.62. The summed E-state index contributed by atoms with van der Waals surface area (Å²) in [5, 5.41) is 20.4. The number of fused-ring (bicyclic) bond motifs is 1. The molecule has 1 amide bonds. The summed E-state index contributed by atoms with van der Waals surface area (Å²) in [5.74, 6) is -0.725. The molecule has 8 heteroatoms. The van der Waals surface area contributed by atoms with Crippen molar-refractivity contribution in [3.63, 3.8) is 0 Å². The van der Waals surface area contributed by atoms with Gasteiger partial charge in [0.15, 0.2) is 0 Å². The molecule has 1 aromatic rings. The molecule has 0 spiro atoms. The fourth-order valence-corrected chi connectivity index (χ4v) is 4.19. The zero-order valence-electron chi connectivity index (χ0n) is 11.5. The molecular formula is C15H8Cl2N4OS. The Bertz CT molecular complexity index is 878. The van der Waals surface area contributed by atoms with Gasteiger partial charge in [-0.2, -0.15) is 10.5 Å². The standard InChI is InChI=1S/C15H8Cl2N4OS/c16-7-1-2-8(11(17)3-7)13-9(4-18)14(20)21-12(22)6-23-15(21)10(13)5-19/h1-3,13H,6,20H2. The summed E-state index contributed by atoms with van der Waals surface area (Å²) in [5.41, 5.74) is 7.00. The van der Waals surface area contributed by atoms with Crippen LogP contribution in [0.25, 0.3) is 0 Å². The molecule has 0 aromatic heterocycles. The zero-order chi connectivity index (χ0) is 16.7. The highest BCUT2D eigenvalue weighted by atomic mass is 35.5. The van der Waals surface area contributed by atoms with E-state index in [-0.39, 0.29) is 28.6 Å². The number of nitriles is 2. The predicted molar refractivity (Wildman–Crippen MR) is 88.0 cm³/mol. The molecule has 5 nitrogen and oxygen atoms in total. The maximum absolute atomic E-state index is 12.0. The Morgan fingerprint density at radius 1 is 1.26 bits per heavy atom. The molecule has 3 rings (SSSR count). The smallest absolute Gasteiger partial charge is 0.243 e. The number of halogens is 2. The normalized spacial score (nSPS) is 20.4. The van der Waals surface area contributed by atoms with Crippen LogP contribution in [0.15, 0.2) is 40.2 Å². The van der Waals surface area contributed by atoms with Crippen molar-refractivity contribution in [2.24, 2.45) is 5.73 Å². The van der Waals surface area contributed by atoms with E-state index in [1.54, 1.807) is 18.2 Å². The lowest BCUT2D eigenvalue weighted by atomic mass is 9.83. The molecule has 1 atom stereocenters. The number of carbonyl (C=O) groups excluding carboxylic acids is 1. The van der Waals surface area contributed by atoms with E-state index in [0.717, 1.165) is 0 Å². The second kappa shape index (κ2) is 5.82. The van der Waals surface area contributed by atoms with Gasteiger partial charge in [0.05, 0.1) is 40.0 Å². The minimum absolute atomic E-state index is 0.0486. The van der Waals surface area contributed by atoms with Gasteiger partial charge in [-0.3, -0.25) is 9.69 Å². The number of hydrogen-bond acceptors (Lipinski definition) is 5. The van der Waals surface area contributed by atoms with Crippen LogP contribution in [-0.2, 0) is 4.79 Å². The lowest BCUT2D eigenvalue weighted by Crippen LogP contribution is -2.35. The van der Waals surface area contributed by atoms with Crippen LogP contribution in [0, 0.1) is 22.7 Å². The van der Waals surface area contributed by atoms with Crippen molar-refractivity contribution in [1.29, 1.82) is 10.5 Å². The molecule has 0 saturated carbocycles. The number of carbonyl (C=O) groups is 1. The van der Waals surface area contributed by atoms with E-state index in [0.29, 0.717) is 20.6 Å². The molecular weight excluding hydrogens is 355 g/mol. The van der Waals surface area contributed by atoms with Crippen LogP contribution in [0.4, 0.5) is 0 Å². The van der Waals surface area contributed by atoms with Crippen LogP contribution >= 0.6 is 35.0 Å². The summed E-state index contributed by atoms with van der Waals surface area (Å²) < 4.78 is 0. The van der Waals surface area contributed by atoms with Gasteiger partial charge in [0.25, 0.3) is 0 Å². The van der Waals surface area contributed by atoms with E-state index < -0.39 is 5.92 Å². The number of rotatable bonds is 1. The maximum Gasteiger partial charge on any atom is 0.243 e. The highest BCUT2D eigenvalue weighted by molar-refractivity contribution is 8.04. The summed E-state index contributed by atoms with van der Waals surface area (Å²) in [6.07, 6.45) is 0. The van der Waals surface area contributed by atoms with Gasteiger partial charge in [0.1, 0.15) is 5.82 Å². The average Bonchev–Trinajstić information content (AvgIpc) is 2.89. The molecule has 1 saturated heterocycles. The zero-order valence-corrected chi connectivity index (χ0v) is 13.8. The van der Waals surface area contributed by atoms with Gasteiger partial charge in [-0.05, 0) is 17.7 Å². The first-order valence-corrected chi connectivity index (χ1v) is 8.18. The molecule has 1 fully saturated rings. The Balaban J connectivity index is 2.28. The minimum Gasteiger partial charge on any atom is -0.384 e. The van der Waals surface area contributed by atoms with Crippen LogP contribution < -0.4 is 5.73 Å². The molecule has 2 aliphatic heterocycles. The van der Waals surface area contributed by atoms with Crippen molar-refractivity contribution in [2.45, 2.75) is 5.92 Å². The van der Waals surface area contributed by atoms with Crippen molar-refractivity contribution >= 4 is 40.9 Å². The van der Waals surface area contributed by atoms with Gasteiger partial charge >= 0.3 is 0 Å². The molecule has 1 aromatic carbocycles. The van der Waals surface area contributed by atoms with Gasteiger partial charge in [0, 0.05) is 10.0 Å². The molecule has 0 aliphatic carbocycles. The van der Waals surface area contributed by atoms with Crippen molar-refractivity contribution in [2.75, 3.05) is 5.75 Å². The summed E-state index contributed by atoms with van der Waals surface area (Å²) in [7, 11) is 0. The molecule has 2 N–H and O–H groups in total. The number of allylic oxidation sites excluding steroid dienone is 2. The third-order valence-corrected chi connectivity index (χ3v) is 5.25. The second-order valence-electron chi connectivity index (χ2n) is 4.86. The van der Waals surface area contributed by atoms with Crippen molar-refractivity contribution in [1.82, 2.24) is 4.90 Å². The van der Waals surface area contributed by atoms with Crippen molar-refractivity contribution in [3.05, 3.63) is 55.8 Å². The number of hydrogen-bond donors (Lipinski definition) is 1. The summed E-state index contributed by atoms with van der Waals surface area (Å²) >= 11 is 13.4. The maximum atomic E-state index is 12.0. The van der Waals surface area contributed by atoms with E-state index in [9.17, 15) is 15.3 Å². The summed E-state index contributed by atoms with van der Waals surface area (Å²) in [6.45, 7) is 0. The number of amides is 1. The quantitative estimate of drug-likeness (QED) is 0.828. The van der Waals surface area contributed by atoms with Gasteiger partial charge in [-0.1, -0.05) is 41.0 Å². The Hall–Kier alpha value is -2.12. The van der Waals surface area contributed by atoms with Crippen molar-refractivity contribution < 1.29 is 4.79 Å². The number of nitrogens with two attached hydrogens (primary N) is 1. The number of benzene rings is 1. The highest BCUT2D eigenvalue weighted by Gasteiger charge is 2.42. The Kier molecular flexibility index (Phi) is 3.99. The molecule has 0 bridgehead atoms. The lowest BCUT2D eigenvalue weighted by Gasteiger charge is -2.30. The SMILES string of the molecule is N#CC1=C(N)N2C(=O)CSC2=C(C#N)C1c1ccc(Cl)cc1Cl. The summed E-state index contributed by atoms with van der Waals surface area (Å²) in [6, 6.07) is 8.96. The highest BCUT2D eigenvalue weighted by Crippen LogP contribution is 2.47. The van der Waals surface area contributed by atoms with E-state index in [1.807, 2.05) is 6.07 Å². The first-order chi connectivity index (χ1) is 11.0. The van der Waals surface area contributed by atoms with Crippen molar-refractivity contribution in [3.8, 4) is 12.1 Å². The Morgan fingerprint density at radius 3 is 2.57 bits per heavy atom. The topological polar surface area (TPSA) is 93.9 Å². The fourth-order valence-electron chi connectivity index (χ4n) is 2.63. The van der Waals surface area contributed by atoms with Gasteiger partial charge in [-0.25, -0.2) is 0 Å². The minimum atomic E-state index is -0.709. The van der Waals surface area contributed by atoms with E-state index >= 15 is 0 Å². The van der Waals surface area contributed by atoms with E-state index in [4.69, 9.17) is 28.9 Å². The fraction of sp³-hybridized carbons (Fsp3) is 0.133. The monoisotopic (exact) mass is 362 g/mol. The first kappa shape index (κ1) is 15.8. The first-order valence-electron chi connectivity index (χ1n) is 6.44. The Morgan fingerprint density at radius 2 is 1.96 bits per heavy atom. The van der Waals surface area contributed by atoms with Crippen LogP contribution in [0.3, 0.4) is 0 Å². The molecule has 23 heavy (non-hydrogen) atoms. The molecule has 2 aliphatic rings. The third kappa shape index (κ3) is 2.36. The van der Waals surface area contributed by atoms with E-state index in [2.05, 4.69) is 6.07 Å². The molecule has 114 valence electrons. The van der Waals surface area contributed by atoms with Crippen LogP contribution in [0.2, 0.25) is 10.0 Å². The second-order valence-corrected chi connectivity index (χ2v) is 6.67. The van der Waals surface area contributed by atoms with Gasteiger partial charge < -0.3 is 5.73 Å². The molecule has 1 unspecified atom stereocenters. The van der Waals surface area contributed by atoms with Crippen LogP contribution in [0.5, 0.6) is 0 Å². The van der Waals surface area contributed by atoms with Gasteiger partial charge in [0.2, 0.25) is 5.91 Å². The lowest BCUT2D eigenvalue weighted by molar-refractivity contribution is -0.124. The molecule has 2 heterocycles. The largest absolute Gasteiger partial charge is 0.384 e. The number of thioether (sulfide) groups is 1. The Labute approximate surface area is 146 Å². The van der Waals surface area contributed by atoms with E-state index in [1.165, 1.54) is 16.7 Å². The average molecular weight is 363 g/mol. The predicted octanol–water partition coefficient (Wildman–Crippen LogP) is 3.10.